The summed E-state index contributed by atoms with van der Waals surface area (Å²) in [5.74, 6) is -1.51. The largest absolute Gasteiger partial charge is 0.454 e. The van der Waals surface area contributed by atoms with E-state index in [1.807, 2.05) is 25.1 Å². The highest BCUT2D eigenvalue weighted by Gasteiger charge is 2.18. The molecule has 5 nitrogen and oxygen atoms in total. The molecule has 1 aliphatic rings. The lowest BCUT2D eigenvalue weighted by atomic mass is 10.1. The lowest BCUT2D eigenvalue weighted by Crippen LogP contribution is -2.13. The van der Waals surface area contributed by atoms with Gasteiger partial charge in [-0.05, 0) is 36.8 Å². The standard InChI is InChI=1S/C19H13ClF2N2O3S/c1-9-17(5-10-2-3-15-16(4-10)27-8-26-15)28-19(23-9)24-18(25)11-6-13(21)14(22)7-12(11)20/h2-4,6-7H,5,8H2,1H3,(H,23,24,25). The molecule has 9 heteroatoms. The van der Waals surface area contributed by atoms with Gasteiger partial charge in [0, 0.05) is 11.3 Å². The molecule has 28 heavy (non-hydrogen) atoms. The number of carbonyl (C=O) groups is 1. The number of thiazole rings is 1. The van der Waals surface area contributed by atoms with E-state index in [1.54, 1.807) is 0 Å². The highest BCUT2D eigenvalue weighted by molar-refractivity contribution is 7.15. The molecule has 1 N–H and O–H groups in total. The Hall–Kier alpha value is -2.71. The van der Waals surface area contributed by atoms with Crippen LogP contribution < -0.4 is 14.8 Å². The quantitative estimate of drug-likeness (QED) is 0.604. The maximum absolute atomic E-state index is 13.4. The zero-order valence-corrected chi connectivity index (χ0v) is 16.1. The van der Waals surface area contributed by atoms with Gasteiger partial charge in [0.05, 0.1) is 16.3 Å². The predicted octanol–water partition coefficient (Wildman–Crippen LogP) is 4.95. The number of anilines is 1. The van der Waals surface area contributed by atoms with E-state index in [-0.39, 0.29) is 17.4 Å². The van der Waals surface area contributed by atoms with Crippen molar-refractivity contribution in [3.8, 4) is 11.5 Å². The van der Waals surface area contributed by atoms with Crippen LogP contribution in [0, 0.1) is 18.6 Å². The highest BCUT2D eigenvalue weighted by Crippen LogP contribution is 2.34. The Balaban J connectivity index is 1.51. The molecule has 1 aromatic heterocycles. The number of nitrogens with one attached hydrogen (secondary N) is 1. The summed E-state index contributed by atoms with van der Waals surface area (Å²) in [7, 11) is 0. The van der Waals surface area contributed by atoms with E-state index in [4.69, 9.17) is 21.1 Å². The summed E-state index contributed by atoms with van der Waals surface area (Å²) in [5.41, 5.74) is 1.61. The van der Waals surface area contributed by atoms with Gasteiger partial charge in [0.1, 0.15) is 0 Å². The smallest absolute Gasteiger partial charge is 0.259 e. The van der Waals surface area contributed by atoms with Crippen LogP contribution in [-0.2, 0) is 6.42 Å². The van der Waals surface area contributed by atoms with Crippen LogP contribution in [0.4, 0.5) is 13.9 Å². The summed E-state index contributed by atoms with van der Waals surface area (Å²) in [5, 5.41) is 2.76. The van der Waals surface area contributed by atoms with E-state index in [9.17, 15) is 13.6 Å². The number of hydrogen-bond acceptors (Lipinski definition) is 5. The Bertz CT molecular complexity index is 1090. The molecule has 3 aromatic rings. The van der Waals surface area contributed by atoms with Crippen LogP contribution in [0.1, 0.15) is 26.5 Å². The molecule has 2 aromatic carbocycles. The second-order valence-electron chi connectivity index (χ2n) is 6.09. The van der Waals surface area contributed by atoms with Crippen molar-refractivity contribution in [3.05, 3.63) is 68.7 Å². The molecule has 2 heterocycles. The zero-order chi connectivity index (χ0) is 19.8. The Labute approximate surface area is 167 Å². The normalized spacial score (nSPS) is 12.3. The van der Waals surface area contributed by atoms with Crippen LogP contribution in [-0.4, -0.2) is 17.7 Å². The molecule has 0 atom stereocenters. The molecule has 0 aliphatic carbocycles. The number of hydrogen-bond donors (Lipinski definition) is 1. The first kappa shape index (κ1) is 18.6. The van der Waals surface area contributed by atoms with Crippen molar-refractivity contribution in [2.24, 2.45) is 0 Å². The average Bonchev–Trinajstić information content (AvgIpc) is 3.24. The van der Waals surface area contributed by atoms with Gasteiger partial charge in [0.15, 0.2) is 28.3 Å². The van der Waals surface area contributed by atoms with Gasteiger partial charge < -0.3 is 9.47 Å². The van der Waals surface area contributed by atoms with Gasteiger partial charge in [-0.3, -0.25) is 10.1 Å². The summed E-state index contributed by atoms with van der Waals surface area (Å²) in [6.45, 7) is 2.04. The zero-order valence-electron chi connectivity index (χ0n) is 14.5. The minimum Gasteiger partial charge on any atom is -0.454 e. The number of aryl methyl sites for hydroxylation is 1. The van der Waals surface area contributed by atoms with Gasteiger partial charge in [-0.2, -0.15) is 0 Å². The number of aromatic nitrogens is 1. The van der Waals surface area contributed by atoms with Crippen LogP contribution in [0.3, 0.4) is 0 Å². The fourth-order valence-corrected chi connectivity index (χ4v) is 3.97. The van der Waals surface area contributed by atoms with Crippen molar-refractivity contribution < 1.29 is 23.0 Å². The molecule has 0 saturated heterocycles. The molecule has 0 spiro atoms. The predicted molar refractivity (Wildman–Crippen MR) is 102 cm³/mol. The van der Waals surface area contributed by atoms with Crippen LogP contribution in [0.15, 0.2) is 30.3 Å². The molecule has 4 rings (SSSR count). The molecule has 0 saturated carbocycles. The first-order valence-corrected chi connectivity index (χ1v) is 9.41. The minimum atomic E-state index is -1.15. The summed E-state index contributed by atoms with van der Waals surface area (Å²) in [4.78, 5) is 17.6. The van der Waals surface area contributed by atoms with Gasteiger partial charge in [0.25, 0.3) is 5.91 Å². The van der Waals surface area contributed by atoms with Crippen LogP contribution >= 0.6 is 22.9 Å². The molecule has 0 bridgehead atoms. The monoisotopic (exact) mass is 422 g/mol. The van der Waals surface area contributed by atoms with Gasteiger partial charge >= 0.3 is 0 Å². The maximum Gasteiger partial charge on any atom is 0.259 e. The second kappa shape index (κ2) is 7.37. The first-order chi connectivity index (χ1) is 13.4. The van der Waals surface area contributed by atoms with Crippen molar-refractivity contribution in [1.82, 2.24) is 4.98 Å². The van der Waals surface area contributed by atoms with Crippen molar-refractivity contribution in [1.29, 1.82) is 0 Å². The fourth-order valence-electron chi connectivity index (χ4n) is 2.74. The highest BCUT2D eigenvalue weighted by atomic mass is 35.5. The van der Waals surface area contributed by atoms with E-state index in [1.165, 1.54) is 11.3 Å². The Morgan fingerprint density at radius 3 is 2.79 bits per heavy atom. The van der Waals surface area contributed by atoms with Crippen LogP contribution in [0.2, 0.25) is 5.02 Å². The summed E-state index contributed by atoms with van der Waals surface area (Å²) >= 11 is 7.14. The van der Waals surface area contributed by atoms with Gasteiger partial charge in [-0.1, -0.05) is 17.7 Å². The third kappa shape index (κ3) is 3.65. The van der Waals surface area contributed by atoms with Crippen molar-refractivity contribution >= 4 is 34.0 Å². The van der Waals surface area contributed by atoms with E-state index in [0.29, 0.717) is 23.1 Å². The van der Waals surface area contributed by atoms with Crippen LogP contribution in [0.5, 0.6) is 11.5 Å². The second-order valence-corrected chi connectivity index (χ2v) is 7.58. The van der Waals surface area contributed by atoms with Gasteiger partial charge in [-0.15, -0.1) is 11.3 Å². The number of amides is 1. The summed E-state index contributed by atoms with van der Waals surface area (Å²) in [6.07, 6.45) is 0.599. The van der Waals surface area contributed by atoms with Crippen molar-refractivity contribution in [3.63, 3.8) is 0 Å². The van der Waals surface area contributed by atoms with Crippen molar-refractivity contribution in [2.75, 3.05) is 12.1 Å². The molecular weight excluding hydrogens is 410 g/mol. The van der Waals surface area contributed by atoms with Gasteiger partial charge in [-0.25, -0.2) is 13.8 Å². The summed E-state index contributed by atoms with van der Waals surface area (Å²) < 4.78 is 37.3. The Kier molecular flexibility index (Phi) is 4.91. The number of nitrogens with zero attached hydrogens (tertiary/aromatic N) is 1. The van der Waals surface area contributed by atoms with E-state index >= 15 is 0 Å². The third-order valence-corrected chi connectivity index (χ3v) is 5.55. The number of fused-ring (bicyclic) bond motifs is 1. The number of ether oxygens (including phenoxy) is 2. The third-order valence-electron chi connectivity index (χ3n) is 4.17. The summed E-state index contributed by atoms with van der Waals surface area (Å²) in [6, 6.07) is 7.22. The molecule has 144 valence electrons. The molecule has 0 unspecified atom stereocenters. The Morgan fingerprint density at radius 1 is 1.21 bits per heavy atom. The maximum atomic E-state index is 13.4. The Morgan fingerprint density at radius 2 is 1.96 bits per heavy atom. The number of carbonyl (C=O) groups excluding carboxylic acids is 1. The lowest BCUT2D eigenvalue weighted by molar-refractivity contribution is 0.102. The topological polar surface area (TPSA) is 60.5 Å². The van der Waals surface area contributed by atoms with Crippen LogP contribution in [0.25, 0.3) is 0 Å². The van der Waals surface area contributed by atoms with E-state index in [0.717, 1.165) is 28.3 Å². The number of rotatable bonds is 4. The minimum absolute atomic E-state index is 0.161. The SMILES string of the molecule is Cc1nc(NC(=O)c2cc(F)c(F)cc2Cl)sc1Cc1ccc2c(c1)OCO2. The molecule has 1 amide bonds. The number of halogens is 3. The number of benzene rings is 2. The molecule has 1 aliphatic heterocycles. The van der Waals surface area contributed by atoms with Crippen molar-refractivity contribution in [2.45, 2.75) is 13.3 Å². The first-order valence-electron chi connectivity index (χ1n) is 8.21. The molecule has 0 fully saturated rings. The van der Waals surface area contributed by atoms with E-state index < -0.39 is 17.5 Å². The average molecular weight is 423 g/mol. The lowest BCUT2D eigenvalue weighted by Gasteiger charge is -2.05. The molecule has 0 radical (unpaired) electrons. The molecular formula is C19H13ClF2N2O3S. The fraction of sp³-hybridized carbons (Fsp3) is 0.158. The van der Waals surface area contributed by atoms with E-state index in [2.05, 4.69) is 10.3 Å². The van der Waals surface area contributed by atoms with Gasteiger partial charge in [0.2, 0.25) is 6.79 Å².